The van der Waals surface area contributed by atoms with Crippen LogP contribution >= 0.6 is 0 Å². The van der Waals surface area contributed by atoms with Gasteiger partial charge in [-0.2, -0.15) is 0 Å². The van der Waals surface area contributed by atoms with Gasteiger partial charge >= 0.3 is 116 Å². The van der Waals surface area contributed by atoms with Gasteiger partial charge in [-0.25, -0.2) is 0 Å². The van der Waals surface area contributed by atoms with E-state index < -0.39 is 11.8 Å². The van der Waals surface area contributed by atoms with Crippen LogP contribution in [0.3, 0.4) is 0 Å². The average Bonchev–Trinajstić information content (AvgIpc) is 2.59. The number of nitrogens with zero attached hydrogens (tertiary/aromatic N) is 2. The Kier molecular flexibility index (Phi) is 29.7. The Hall–Kier alpha value is 1.73. The first-order chi connectivity index (χ1) is 12.1. The van der Waals surface area contributed by atoms with Gasteiger partial charge in [-0.15, -0.1) is 12.2 Å². The molecule has 2 amide bonds. The van der Waals surface area contributed by atoms with Crippen molar-refractivity contribution in [3.63, 3.8) is 0 Å². The fourth-order valence-corrected chi connectivity index (χ4v) is 1.96. The van der Waals surface area contributed by atoms with E-state index in [2.05, 4.69) is 24.5 Å². The maximum Gasteiger partial charge on any atom is 1.00 e. The van der Waals surface area contributed by atoms with E-state index in [1.165, 1.54) is 6.42 Å². The van der Waals surface area contributed by atoms with Crippen LogP contribution in [0, 0.1) is 5.92 Å². The zero-order chi connectivity index (χ0) is 18.9. The number of unbranched alkanes of at least 4 members (excludes halogenated alkanes) is 1. The molecule has 0 N–H and O–H groups in total. The molecule has 0 radical (unpaired) electrons. The van der Waals surface area contributed by atoms with Crippen molar-refractivity contribution in [3.8, 4) is 0 Å². The number of rotatable bonds is 11. The summed E-state index contributed by atoms with van der Waals surface area (Å²) in [6.07, 6.45) is 3.10. The van der Waals surface area contributed by atoms with E-state index >= 15 is 0 Å². The summed E-state index contributed by atoms with van der Waals surface area (Å²) in [6.45, 7) is 9.81. The Morgan fingerprint density at radius 3 is 2.19 bits per heavy atom. The largest absolute Gasteiger partial charge is 1.00 e. The van der Waals surface area contributed by atoms with E-state index in [1.807, 2.05) is 19.9 Å². The summed E-state index contributed by atoms with van der Waals surface area (Å²) in [4.78, 5) is 23.2. The molecule has 1 aromatic rings. The molecule has 0 bridgehead atoms. The third-order valence-electron chi connectivity index (χ3n) is 3.16. The Bertz CT molecular complexity index is 472. The van der Waals surface area contributed by atoms with Crippen LogP contribution in [0.2, 0.25) is 0 Å². The molecule has 0 aliphatic rings. The molecule has 1 rings (SSSR count). The third kappa shape index (κ3) is 22.2. The quantitative estimate of drug-likeness (QED) is 0.289. The molecule has 0 heterocycles. The summed E-state index contributed by atoms with van der Waals surface area (Å²) in [5, 5.41) is 7.65. The Labute approximate surface area is 263 Å². The molecule has 0 saturated heterocycles. The maximum absolute atomic E-state index is 11.6. The fraction of sp³-hybridized carbons (Fsp3) is 0.600. The minimum atomic E-state index is -0.473. The van der Waals surface area contributed by atoms with E-state index in [-0.39, 0.29) is 123 Å². The second kappa shape index (κ2) is 24.0. The summed E-state index contributed by atoms with van der Waals surface area (Å²) >= 11 is 0. The van der Waals surface area contributed by atoms with Gasteiger partial charge in [0.25, 0.3) is 0 Å². The molecule has 0 aliphatic carbocycles. The molecule has 0 fully saturated rings. The van der Waals surface area contributed by atoms with Gasteiger partial charge in [0.2, 0.25) is 0 Å². The van der Waals surface area contributed by atoms with E-state index in [4.69, 9.17) is 4.74 Å². The first-order valence-electron chi connectivity index (χ1n) is 9.15. The Morgan fingerprint density at radius 2 is 1.59 bits per heavy atom. The van der Waals surface area contributed by atoms with Crippen molar-refractivity contribution in [1.29, 1.82) is 0 Å². The standard InChI is InChI=1S/C18H28N2O3.C2H6.2Rb/c1-15(2)8-6-7-12-23-13-11-19-17(21)14-18(22)20-16-9-4-3-5-10-16;1-2;;/h3-5,9-10,15H,6-8,11-14H2,1-2H3,(H2,19,20,21,22);1-2H3;;/q;;2*+1/p-2. The fourth-order valence-electron chi connectivity index (χ4n) is 1.96. The van der Waals surface area contributed by atoms with E-state index in [1.54, 1.807) is 24.3 Å². The number of ether oxygens (including phenoxy) is 1. The predicted octanol–water partition coefficient (Wildman–Crippen LogP) is -0.614. The van der Waals surface area contributed by atoms with Crippen LogP contribution in [-0.2, 0) is 14.3 Å². The minimum absolute atomic E-state index is 0. The van der Waals surface area contributed by atoms with E-state index in [0.717, 1.165) is 18.8 Å². The topological polar surface area (TPSA) is 71.6 Å². The number of carbonyl (C=O) groups excluding carboxylic acids is 2. The summed E-state index contributed by atoms with van der Waals surface area (Å²) in [5.74, 6) is -0.195. The SMILES string of the molecule is CC.CC(C)CCCCOCC[N-]C(=O)CC(=O)[N-]c1ccccc1.[Rb+].[Rb+]. The predicted molar refractivity (Wildman–Crippen MR) is 103 cm³/mol. The zero-order valence-corrected chi connectivity index (χ0v) is 27.9. The third-order valence-corrected chi connectivity index (χ3v) is 3.16. The van der Waals surface area contributed by atoms with Crippen LogP contribution in [0.15, 0.2) is 30.3 Å². The van der Waals surface area contributed by atoms with E-state index in [0.29, 0.717) is 25.4 Å². The van der Waals surface area contributed by atoms with Crippen molar-refractivity contribution >= 4 is 17.5 Å². The van der Waals surface area contributed by atoms with Gasteiger partial charge in [-0.1, -0.05) is 70.9 Å². The minimum Gasteiger partial charge on any atom is -0.651 e. The molecule has 142 valence electrons. The smallest absolute Gasteiger partial charge is 0.651 e. The van der Waals surface area contributed by atoms with Crippen LogP contribution in [0.5, 0.6) is 0 Å². The Morgan fingerprint density at radius 1 is 0.963 bits per heavy atom. The summed E-state index contributed by atoms with van der Waals surface area (Å²) in [7, 11) is 0. The number of benzene rings is 1. The maximum atomic E-state index is 11.6. The van der Waals surface area contributed by atoms with Gasteiger partial charge in [0, 0.05) is 19.6 Å². The molecule has 0 unspecified atom stereocenters. The van der Waals surface area contributed by atoms with Gasteiger partial charge < -0.3 is 25.0 Å². The number of carbonyl (C=O) groups is 2. The first-order valence-corrected chi connectivity index (χ1v) is 9.15. The molecule has 27 heavy (non-hydrogen) atoms. The number of hydrogen-bond donors (Lipinski definition) is 0. The van der Waals surface area contributed by atoms with Gasteiger partial charge in [-0.3, -0.25) is 0 Å². The second-order valence-electron chi connectivity index (χ2n) is 5.80. The van der Waals surface area contributed by atoms with Gasteiger partial charge in [-0.05, 0) is 12.3 Å². The summed E-state index contributed by atoms with van der Waals surface area (Å²) < 4.78 is 5.41. The molecule has 5 nitrogen and oxygen atoms in total. The van der Waals surface area contributed by atoms with Crippen LogP contribution in [-0.4, -0.2) is 31.6 Å². The van der Waals surface area contributed by atoms with Gasteiger partial charge in [0.05, 0.1) is 11.8 Å². The van der Waals surface area contributed by atoms with Crippen molar-refractivity contribution in [3.05, 3.63) is 41.0 Å². The summed E-state index contributed by atoms with van der Waals surface area (Å²) in [5.41, 5.74) is 0.551. The Balaban J connectivity index is -0.00000139. The molecule has 1 aromatic carbocycles. The second-order valence-corrected chi connectivity index (χ2v) is 5.80. The van der Waals surface area contributed by atoms with Gasteiger partial charge in [0.1, 0.15) is 0 Å². The monoisotopic (exact) mass is 518 g/mol. The summed E-state index contributed by atoms with van der Waals surface area (Å²) in [6, 6.07) is 8.85. The van der Waals surface area contributed by atoms with Crippen LogP contribution in [0.1, 0.15) is 53.4 Å². The molecule has 0 saturated carbocycles. The average molecular weight is 519 g/mol. The van der Waals surface area contributed by atoms with Crippen molar-refractivity contribution in [2.75, 3.05) is 19.8 Å². The van der Waals surface area contributed by atoms with Crippen LogP contribution in [0.4, 0.5) is 5.69 Å². The number of para-hydroxylation sites is 1. The van der Waals surface area contributed by atoms with Crippen LogP contribution < -0.4 is 116 Å². The number of amides is 2. The van der Waals surface area contributed by atoms with E-state index in [9.17, 15) is 9.59 Å². The van der Waals surface area contributed by atoms with Crippen LogP contribution in [0.25, 0.3) is 10.6 Å². The molecule has 0 atom stereocenters. The number of hydrogen-bond acceptors (Lipinski definition) is 3. The van der Waals surface area contributed by atoms with Crippen molar-refractivity contribution in [2.24, 2.45) is 5.92 Å². The molecule has 0 aromatic heterocycles. The molecule has 0 spiro atoms. The molecule has 7 heteroatoms. The first kappa shape index (κ1) is 33.4. The van der Waals surface area contributed by atoms with Crippen molar-refractivity contribution < 1.29 is 131 Å². The van der Waals surface area contributed by atoms with Crippen molar-refractivity contribution in [1.82, 2.24) is 0 Å². The normalized spacial score (nSPS) is 9.22. The molecule has 0 aliphatic heterocycles. The molecular weight excluding hydrogens is 487 g/mol. The van der Waals surface area contributed by atoms with Gasteiger partial charge in [0.15, 0.2) is 0 Å². The van der Waals surface area contributed by atoms with Crippen molar-refractivity contribution in [2.45, 2.75) is 53.4 Å². The zero-order valence-electron chi connectivity index (χ0n) is 18.0. The molecular formula is C20H32N2O3Rb2.